The maximum Gasteiger partial charge on any atom is 0.0547 e. The zero-order valence-electron chi connectivity index (χ0n) is 35.3. The molecule has 2 heteroatoms. The SMILES string of the molecule is CC1(C)c2ccccc2-c2ccc(N(c3ccccc3-c3cccc4cccc(-c5ccccc5)c34)c3ccccc3-c3cccc4c3c3ccccc3n4-c3ccccc3)cc21. The van der Waals surface area contributed by atoms with Gasteiger partial charge in [-0.1, -0.05) is 196 Å². The van der Waals surface area contributed by atoms with Crippen LogP contribution in [0, 0.1) is 0 Å². The van der Waals surface area contributed by atoms with E-state index in [0.29, 0.717) is 0 Å². The van der Waals surface area contributed by atoms with Crippen LogP contribution in [0.25, 0.3) is 82.8 Å². The van der Waals surface area contributed by atoms with Crippen LogP contribution in [0.2, 0.25) is 0 Å². The highest BCUT2D eigenvalue weighted by molar-refractivity contribution is 6.17. The molecule has 11 aromatic rings. The van der Waals surface area contributed by atoms with Crippen molar-refractivity contribution in [2.24, 2.45) is 0 Å². The van der Waals surface area contributed by atoms with Gasteiger partial charge in [-0.3, -0.25) is 0 Å². The molecule has 1 heterocycles. The van der Waals surface area contributed by atoms with Gasteiger partial charge in [0.05, 0.1) is 22.4 Å². The van der Waals surface area contributed by atoms with Gasteiger partial charge in [0, 0.05) is 38.7 Å². The Morgan fingerprint density at radius 1 is 0.365 bits per heavy atom. The fourth-order valence-corrected chi connectivity index (χ4v) is 10.6. The van der Waals surface area contributed by atoms with Crippen LogP contribution in [0.1, 0.15) is 25.0 Å². The third-order valence-corrected chi connectivity index (χ3v) is 13.4. The minimum absolute atomic E-state index is 0.169. The second-order valence-corrected chi connectivity index (χ2v) is 17.2. The number of hydrogen-bond donors (Lipinski definition) is 0. The summed E-state index contributed by atoms with van der Waals surface area (Å²) in [7, 11) is 0. The molecule has 2 nitrogen and oxygen atoms in total. The first-order chi connectivity index (χ1) is 31.1. The van der Waals surface area contributed by atoms with Crippen molar-refractivity contribution in [1.29, 1.82) is 0 Å². The summed E-state index contributed by atoms with van der Waals surface area (Å²) in [6.45, 7) is 4.75. The summed E-state index contributed by atoms with van der Waals surface area (Å²) < 4.78 is 2.41. The van der Waals surface area contributed by atoms with Crippen LogP contribution < -0.4 is 4.90 Å². The first-order valence-electron chi connectivity index (χ1n) is 21.9. The molecular weight excluding hydrogens is 761 g/mol. The average molecular weight is 805 g/mol. The van der Waals surface area contributed by atoms with E-state index in [1.54, 1.807) is 0 Å². The highest BCUT2D eigenvalue weighted by Crippen LogP contribution is 2.53. The molecule has 0 atom stereocenters. The molecule has 0 saturated heterocycles. The Hall–Kier alpha value is -7.94. The lowest BCUT2D eigenvalue weighted by Crippen LogP contribution is -2.17. The molecule has 0 fully saturated rings. The van der Waals surface area contributed by atoms with Crippen molar-refractivity contribution < 1.29 is 0 Å². The number of para-hydroxylation sites is 4. The monoisotopic (exact) mass is 804 g/mol. The Morgan fingerprint density at radius 3 is 1.62 bits per heavy atom. The standard InChI is InChI=1S/C61H44N2/c1-61(2)53-33-13-9-26-46(53)47-39-38-44(40-54(47)61)63(55-34-14-10-27-48(55)50-31-18-23-42-22-17-30-45(59(42)50)41-20-5-3-6-21-41)56-35-15-11-28-49(56)51-32-19-37-58-60(51)52-29-12-16-36-57(52)62(58)43-24-7-4-8-25-43/h3-40H,1-2H3. The molecule has 12 rings (SSSR count). The molecule has 0 amide bonds. The van der Waals surface area contributed by atoms with E-state index in [-0.39, 0.29) is 5.41 Å². The van der Waals surface area contributed by atoms with Gasteiger partial charge in [0.15, 0.2) is 0 Å². The summed E-state index contributed by atoms with van der Waals surface area (Å²) in [5, 5.41) is 4.93. The van der Waals surface area contributed by atoms with Crippen molar-refractivity contribution in [2.75, 3.05) is 4.90 Å². The molecule has 0 saturated carbocycles. The highest BCUT2D eigenvalue weighted by Gasteiger charge is 2.36. The average Bonchev–Trinajstić information content (AvgIpc) is 3.80. The van der Waals surface area contributed by atoms with Crippen molar-refractivity contribution in [3.8, 4) is 50.2 Å². The number of benzene rings is 10. The molecule has 10 aromatic carbocycles. The van der Waals surface area contributed by atoms with Gasteiger partial charge in [-0.2, -0.15) is 0 Å². The fourth-order valence-electron chi connectivity index (χ4n) is 10.6. The smallest absolute Gasteiger partial charge is 0.0547 e. The first kappa shape index (κ1) is 36.9. The second kappa shape index (κ2) is 14.6. The number of hydrogen-bond acceptors (Lipinski definition) is 1. The van der Waals surface area contributed by atoms with Crippen LogP contribution in [0.15, 0.2) is 231 Å². The van der Waals surface area contributed by atoms with E-state index >= 15 is 0 Å². The van der Waals surface area contributed by atoms with Gasteiger partial charge in [-0.05, 0) is 104 Å². The largest absolute Gasteiger partial charge is 0.309 e. The quantitative estimate of drug-likeness (QED) is 0.156. The first-order valence-corrected chi connectivity index (χ1v) is 21.9. The molecule has 1 aliphatic rings. The van der Waals surface area contributed by atoms with Gasteiger partial charge in [0.2, 0.25) is 0 Å². The van der Waals surface area contributed by atoms with Crippen LogP contribution in [0.5, 0.6) is 0 Å². The van der Waals surface area contributed by atoms with Crippen LogP contribution >= 0.6 is 0 Å². The molecule has 0 N–H and O–H groups in total. The van der Waals surface area contributed by atoms with Gasteiger partial charge < -0.3 is 9.47 Å². The van der Waals surface area contributed by atoms with Gasteiger partial charge in [0.25, 0.3) is 0 Å². The van der Waals surface area contributed by atoms with Crippen molar-refractivity contribution in [1.82, 2.24) is 4.57 Å². The number of rotatable bonds is 7. The topological polar surface area (TPSA) is 8.17 Å². The van der Waals surface area contributed by atoms with E-state index in [0.717, 1.165) is 22.7 Å². The van der Waals surface area contributed by atoms with E-state index in [9.17, 15) is 0 Å². The Kier molecular flexibility index (Phi) is 8.55. The lowest BCUT2D eigenvalue weighted by Gasteiger charge is -2.31. The minimum atomic E-state index is -0.169. The molecule has 0 radical (unpaired) electrons. The third-order valence-electron chi connectivity index (χ3n) is 13.4. The minimum Gasteiger partial charge on any atom is -0.309 e. The Balaban J connectivity index is 1.15. The van der Waals surface area contributed by atoms with Gasteiger partial charge in [0.1, 0.15) is 0 Å². The van der Waals surface area contributed by atoms with E-state index in [1.165, 1.54) is 88.2 Å². The second-order valence-electron chi connectivity index (χ2n) is 17.2. The highest BCUT2D eigenvalue weighted by atomic mass is 15.1. The summed E-state index contributed by atoms with van der Waals surface area (Å²) in [5.41, 5.74) is 19.2. The maximum absolute atomic E-state index is 2.53. The van der Waals surface area contributed by atoms with Gasteiger partial charge in [-0.15, -0.1) is 0 Å². The maximum atomic E-state index is 2.53. The van der Waals surface area contributed by atoms with E-state index in [2.05, 4.69) is 254 Å². The van der Waals surface area contributed by atoms with E-state index in [1.807, 2.05) is 0 Å². The lowest BCUT2D eigenvalue weighted by molar-refractivity contribution is 0.660. The molecule has 1 aliphatic carbocycles. The van der Waals surface area contributed by atoms with Crippen molar-refractivity contribution in [3.05, 3.63) is 242 Å². The van der Waals surface area contributed by atoms with Crippen LogP contribution in [0.3, 0.4) is 0 Å². The molecule has 298 valence electrons. The Morgan fingerprint density at radius 2 is 0.889 bits per heavy atom. The number of aromatic nitrogens is 1. The summed E-state index contributed by atoms with van der Waals surface area (Å²) in [6, 6.07) is 84.7. The predicted molar refractivity (Wildman–Crippen MR) is 267 cm³/mol. The van der Waals surface area contributed by atoms with Crippen molar-refractivity contribution in [3.63, 3.8) is 0 Å². The molecular formula is C61H44N2. The normalized spacial score (nSPS) is 12.7. The Labute approximate surface area is 368 Å². The van der Waals surface area contributed by atoms with E-state index in [4.69, 9.17) is 0 Å². The predicted octanol–water partition coefficient (Wildman–Crippen LogP) is 16.7. The molecule has 0 spiro atoms. The lowest BCUT2D eigenvalue weighted by atomic mass is 9.82. The zero-order chi connectivity index (χ0) is 42.1. The molecule has 63 heavy (non-hydrogen) atoms. The Bertz CT molecular complexity index is 3530. The van der Waals surface area contributed by atoms with E-state index < -0.39 is 0 Å². The summed E-state index contributed by atoms with van der Waals surface area (Å²) in [4.78, 5) is 2.53. The van der Waals surface area contributed by atoms with Crippen LogP contribution in [-0.2, 0) is 5.41 Å². The fraction of sp³-hybridized carbons (Fsp3) is 0.0492. The zero-order valence-corrected chi connectivity index (χ0v) is 35.3. The van der Waals surface area contributed by atoms with Gasteiger partial charge in [-0.25, -0.2) is 0 Å². The van der Waals surface area contributed by atoms with Crippen LogP contribution in [0.4, 0.5) is 17.1 Å². The molecule has 0 aliphatic heterocycles. The summed E-state index contributed by atoms with van der Waals surface area (Å²) in [5.74, 6) is 0. The molecule has 1 aromatic heterocycles. The molecule has 0 bridgehead atoms. The molecule has 0 unspecified atom stereocenters. The van der Waals surface area contributed by atoms with Crippen molar-refractivity contribution >= 4 is 49.6 Å². The third kappa shape index (κ3) is 5.79. The summed E-state index contributed by atoms with van der Waals surface area (Å²) in [6.07, 6.45) is 0. The number of anilines is 3. The van der Waals surface area contributed by atoms with Gasteiger partial charge >= 0.3 is 0 Å². The number of nitrogens with zero attached hydrogens (tertiary/aromatic N) is 2. The number of fused-ring (bicyclic) bond motifs is 7. The van der Waals surface area contributed by atoms with Crippen molar-refractivity contribution in [2.45, 2.75) is 19.3 Å². The summed E-state index contributed by atoms with van der Waals surface area (Å²) >= 11 is 0. The van der Waals surface area contributed by atoms with Crippen LogP contribution in [-0.4, -0.2) is 4.57 Å².